The van der Waals surface area contributed by atoms with Gasteiger partial charge in [-0.1, -0.05) is 17.7 Å². The van der Waals surface area contributed by atoms with Gasteiger partial charge >= 0.3 is 0 Å². The van der Waals surface area contributed by atoms with Crippen molar-refractivity contribution in [3.63, 3.8) is 0 Å². The molecule has 6 nitrogen and oxygen atoms in total. The molecule has 0 aliphatic carbocycles. The number of anilines is 1. The highest BCUT2D eigenvalue weighted by Crippen LogP contribution is 2.35. The van der Waals surface area contributed by atoms with Gasteiger partial charge in [-0.2, -0.15) is 4.98 Å². The fourth-order valence-corrected chi connectivity index (χ4v) is 1.77. The molecule has 2 aromatic heterocycles. The van der Waals surface area contributed by atoms with Crippen LogP contribution in [0.4, 0.5) is 5.69 Å². The number of halogens is 1. The van der Waals surface area contributed by atoms with Crippen LogP contribution in [0.2, 0.25) is 5.02 Å². The largest absolute Gasteiger partial charge is 0.433 e. The Kier molecular flexibility index (Phi) is 2.49. The second-order valence-corrected chi connectivity index (χ2v) is 3.95. The van der Waals surface area contributed by atoms with Crippen molar-refractivity contribution in [1.82, 2.24) is 19.9 Å². The number of nitrogens with two attached hydrogens (primary N) is 1. The summed E-state index contributed by atoms with van der Waals surface area (Å²) in [7, 11) is 0. The van der Waals surface area contributed by atoms with Gasteiger partial charge in [-0.3, -0.25) is 0 Å². The van der Waals surface area contributed by atoms with E-state index in [1.54, 1.807) is 18.2 Å². The summed E-state index contributed by atoms with van der Waals surface area (Å²) in [5.41, 5.74) is 7.36. The molecule has 0 radical (unpaired) electrons. The molecule has 3 N–H and O–H groups in total. The number of hydrogen-bond acceptors (Lipinski definition) is 5. The van der Waals surface area contributed by atoms with E-state index < -0.39 is 0 Å². The van der Waals surface area contributed by atoms with Crippen LogP contribution in [0.25, 0.3) is 11.2 Å². The van der Waals surface area contributed by atoms with Crippen molar-refractivity contribution in [3.8, 4) is 11.6 Å². The molecule has 0 spiro atoms. The molecule has 0 amide bonds. The van der Waals surface area contributed by atoms with E-state index in [9.17, 15) is 0 Å². The van der Waals surface area contributed by atoms with Gasteiger partial charge in [0.05, 0.1) is 17.0 Å². The van der Waals surface area contributed by atoms with E-state index in [0.29, 0.717) is 33.5 Å². The normalized spacial score (nSPS) is 10.7. The van der Waals surface area contributed by atoms with Crippen LogP contribution >= 0.6 is 11.6 Å². The summed E-state index contributed by atoms with van der Waals surface area (Å²) in [6.45, 7) is 0. The quantitative estimate of drug-likeness (QED) is 0.691. The minimum atomic E-state index is 0.331. The number of ether oxygens (including phenoxy) is 1. The van der Waals surface area contributed by atoms with Gasteiger partial charge < -0.3 is 15.5 Å². The van der Waals surface area contributed by atoms with Crippen LogP contribution in [-0.2, 0) is 0 Å². The predicted molar refractivity (Wildman–Crippen MR) is 67.6 cm³/mol. The number of para-hydroxylation sites is 1. The van der Waals surface area contributed by atoms with E-state index in [0.717, 1.165) is 0 Å². The Morgan fingerprint density at radius 3 is 2.94 bits per heavy atom. The monoisotopic (exact) mass is 261 g/mol. The molecule has 18 heavy (non-hydrogen) atoms. The Balaban J connectivity index is 2.09. The van der Waals surface area contributed by atoms with Crippen molar-refractivity contribution in [2.75, 3.05) is 5.73 Å². The molecule has 3 rings (SSSR count). The third-order valence-electron chi connectivity index (χ3n) is 2.38. The number of nitrogen functional groups attached to an aromatic ring is 1. The Labute approximate surface area is 107 Å². The molecule has 0 aliphatic heterocycles. The van der Waals surface area contributed by atoms with Crippen molar-refractivity contribution in [2.45, 2.75) is 0 Å². The van der Waals surface area contributed by atoms with Gasteiger partial charge in [-0.25, -0.2) is 9.97 Å². The number of rotatable bonds is 2. The van der Waals surface area contributed by atoms with Crippen LogP contribution in [0.15, 0.2) is 30.9 Å². The van der Waals surface area contributed by atoms with Crippen LogP contribution in [-0.4, -0.2) is 19.9 Å². The first kappa shape index (κ1) is 10.8. The first-order valence-electron chi connectivity index (χ1n) is 5.11. The SMILES string of the molecule is Nc1cccc(Cl)c1Oc1ncnc2nc[nH]c12. The van der Waals surface area contributed by atoms with Crippen LogP contribution in [0.5, 0.6) is 11.6 Å². The maximum atomic E-state index is 6.03. The third-order valence-corrected chi connectivity index (χ3v) is 2.68. The van der Waals surface area contributed by atoms with Crippen molar-refractivity contribution in [3.05, 3.63) is 35.9 Å². The van der Waals surface area contributed by atoms with Crippen LogP contribution in [0.3, 0.4) is 0 Å². The maximum absolute atomic E-state index is 6.03. The number of benzene rings is 1. The molecular weight excluding hydrogens is 254 g/mol. The van der Waals surface area contributed by atoms with Gasteiger partial charge in [-0.15, -0.1) is 0 Å². The summed E-state index contributed by atoms with van der Waals surface area (Å²) >= 11 is 6.03. The lowest BCUT2D eigenvalue weighted by Gasteiger charge is -2.09. The minimum Gasteiger partial charge on any atom is -0.433 e. The van der Waals surface area contributed by atoms with Gasteiger partial charge in [0, 0.05) is 0 Å². The summed E-state index contributed by atoms with van der Waals surface area (Å²) in [6.07, 6.45) is 2.88. The van der Waals surface area contributed by atoms with Crippen molar-refractivity contribution in [1.29, 1.82) is 0 Å². The smallest absolute Gasteiger partial charge is 0.248 e. The van der Waals surface area contributed by atoms with Gasteiger partial charge in [0.1, 0.15) is 11.8 Å². The molecule has 0 aliphatic rings. The average molecular weight is 262 g/mol. The molecule has 2 heterocycles. The van der Waals surface area contributed by atoms with Crippen molar-refractivity contribution < 1.29 is 4.74 Å². The molecule has 0 unspecified atom stereocenters. The van der Waals surface area contributed by atoms with Crippen LogP contribution < -0.4 is 10.5 Å². The van der Waals surface area contributed by atoms with E-state index in [-0.39, 0.29) is 0 Å². The van der Waals surface area contributed by atoms with Crippen LogP contribution in [0, 0.1) is 0 Å². The standard InChI is InChI=1S/C11H8ClN5O/c12-6-2-1-3-7(13)9(6)18-11-8-10(15-4-14-8)16-5-17-11/h1-5H,13H2,(H,14,15,16,17). The fraction of sp³-hybridized carbons (Fsp3) is 0. The summed E-state index contributed by atoms with van der Waals surface area (Å²) in [6, 6.07) is 5.14. The maximum Gasteiger partial charge on any atom is 0.248 e. The number of nitrogens with zero attached hydrogens (tertiary/aromatic N) is 3. The molecule has 0 atom stereocenters. The van der Waals surface area contributed by atoms with Crippen molar-refractivity contribution in [2.24, 2.45) is 0 Å². The van der Waals surface area contributed by atoms with E-state index in [1.807, 2.05) is 0 Å². The highest BCUT2D eigenvalue weighted by Gasteiger charge is 2.12. The third kappa shape index (κ3) is 1.72. The molecule has 0 saturated heterocycles. The zero-order valence-electron chi connectivity index (χ0n) is 9.09. The highest BCUT2D eigenvalue weighted by molar-refractivity contribution is 6.32. The van der Waals surface area contributed by atoms with Crippen LogP contribution in [0.1, 0.15) is 0 Å². The lowest BCUT2D eigenvalue weighted by Crippen LogP contribution is -1.95. The first-order valence-corrected chi connectivity index (χ1v) is 5.49. The van der Waals surface area contributed by atoms with Crippen molar-refractivity contribution >= 4 is 28.5 Å². The number of aromatic nitrogens is 4. The van der Waals surface area contributed by atoms with Gasteiger partial charge in [-0.05, 0) is 12.1 Å². The van der Waals surface area contributed by atoms with Gasteiger partial charge in [0.15, 0.2) is 11.4 Å². The van der Waals surface area contributed by atoms with E-state index in [4.69, 9.17) is 22.1 Å². The Hall–Kier alpha value is -2.34. The zero-order valence-corrected chi connectivity index (χ0v) is 9.85. The number of H-pyrrole nitrogens is 1. The molecular formula is C11H8ClN5O. The number of nitrogens with one attached hydrogen (secondary N) is 1. The summed E-state index contributed by atoms with van der Waals surface area (Å²) in [5.74, 6) is 0.700. The predicted octanol–water partition coefficient (Wildman–Crippen LogP) is 2.38. The lowest BCUT2D eigenvalue weighted by molar-refractivity contribution is 0.469. The molecule has 0 fully saturated rings. The van der Waals surface area contributed by atoms with Gasteiger partial charge in [0.25, 0.3) is 0 Å². The Morgan fingerprint density at radius 2 is 2.11 bits per heavy atom. The Bertz CT molecular complexity index is 691. The summed E-state index contributed by atoms with van der Waals surface area (Å²) in [4.78, 5) is 14.9. The number of imidazole rings is 1. The fourth-order valence-electron chi connectivity index (χ4n) is 1.55. The molecule has 1 aromatic carbocycles. The zero-order chi connectivity index (χ0) is 12.5. The second-order valence-electron chi connectivity index (χ2n) is 3.54. The van der Waals surface area contributed by atoms with Gasteiger partial charge in [0.2, 0.25) is 5.88 Å². The molecule has 3 aromatic rings. The highest BCUT2D eigenvalue weighted by atomic mass is 35.5. The van der Waals surface area contributed by atoms with E-state index in [1.165, 1.54) is 12.7 Å². The van der Waals surface area contributed by atoms with E-state index >= 15 is 0 Å². The average Bonchev–Trinajstić information content (AvgIpc) is 2.83. The summed E-state index contributed by atoms with van der Waals surface area (Å²) in [5, 5.41) is 0.418. The van der Waals surface area contributed by atoms with E-state index in [2.05, 4.69) is 19.9 Å². The minimum absolute atomic E-state index is 0.331. The number of hydrogen-bond donors (Lipinski definition) is 2. The number of fused-ring (bicyclic) bond motifs is 1. The molecule has 7 heteroatoms. The Morgan fingerprint density at radius 1 is 1.22 bits per heavy atom. The summed E-state index contributed by atoms with van der Waals surface area (Å²) < 4.78 is 5.63. The number of aromatic amines is 1. The molecule has 90 valence electrons. The second kappa shape index (κ2) is 4.15. The molecule has 0 saturated carbocycles. The first-order chi connectivity index (χ1) is 8.75. The topological polar surface area (TPSA) is 89.7 Å². The molecule has 0 bridgehead atoms. The lowest BCUT2D eigenvalue weighted by atomic mass is 10.3.